The third kappa shape index (κ3) is 3.93. The number of carbonyl (C=O) groups excluding carboxylic acids is 2. The van der Waals surface area contributed by atoms with Gasteiger partial charge in [0.05, 0.1) is 18.9 Å². The van der Waals surface area contributed by atoms with Gasteiger partial charge in [-0.15, -0.1) is 0 Å². The molecule has 0 heterocycles. The molecule has 5 heteroatoms. The molecule has 1 saturated carbocycles. The minimum absolute atomic E-state index is 0.0651. The molecule has 2 aromatic rings. The standard InChI is InChI=1S/C19H20N2O3/c1-24-15-9-5-8-14(10-15)21-19(23)17-11-16(17)18(22)20-12-13-6-3-2-4-7-13/h2-10,16-17H,11-12H2,1H3,(H,20,22)(H,21,23). The Balaban J connectivity index is 1.49. The van der Waals surface area contributed by atoms with Gasteiger partial charge in [0.15, 0.2) is 0 Å². The number of methoxy groups -OCH3 is 1. The third-order valence-corrected chi connectivity index (χ3v) is 4.11. The van der Waals surface area contributed by atoms with E-state index in [1.54, 1.807) is 19.2 Å². The zero-order valence-electron chi connectivity index (χ0n) is 13.5. The van der Waals surface area contributed by atoms with Crippen LogP contribution in [0.1, 0.15) is 12.0 Å². The molecular weight excluding hydrogens is 304 g/mol. The second-order valence-electron chi connectivity index (χ2n) is 5.87. The van der Waals surface area contributed by atoms with Gasteiger partial charge in [0.2, 0.25) is 11.8 Å². The van der Waals surface area contributed by atoms with Crippen molar-refractivity contribution in [3.8, 4) is 5.75 Å². The van der Waals surface area contributed by atoms with Crippen molar-refractivity contribution in [2.75, 3.05) is 12.4 Å². The van der Waals surface area contributed by atoms with Crippen molar-refractivity contribution in [3.05, 3.63) is 60.2 Å². The molecule has 2 atom stereocenters. The lowest BCUT2D eigenvalue weighted by molar-refractivity contribution is -0.125. The molecule has 1 aliphatic carbocycles. The van der Waals surface area contributed by atoms with Crippen molar-refractivity contribution in [2.45, 2.75) is 13.0 Å². The molecule has 2 unspecified atom stereocenters. The van der Waals surface area contributed by atoms with Crippen molar-refractivity contribution in [3.63, 3.8) is 0 Å². The van der Waals surface area contributed by atoms with E-state index in [-0.39, 0.29) is 23.7 Å². The number of rotatable bonds is 6. The number of anilines is 1. The Morgan fingerprint density at radius 1 is 1.04 bits per heavy atom. The van der Waals surface area contributed by atoms with Gasteiger partial charge in [0.1, 0.15) is 5.75 Å². The van der Waals surface area contributed by atoms with E-state index in [1.807, 2.05) is 42.5 Å². The Bertz CT molecular complexity index is 730. The highest BCUT2D eigenvalue weighted by Crippen LogP contribution is 2.39. The normalized spacial score (nSPS) is 18.5. The van der Waals surface area contributed by atoms with Crippen LogP contribution in [-0.4, -0.2) is 18.9 Å². The molecule has 1 aliphatic rings. The van der Waals surface area contributed by atoms with Crippen LogP contribution < -0.4 is 15.4 Å². The third-order valence-electron chi connectivity index (χ3n) is 4.11. The van der Waals surface area contributed by atoms with E-state index in [9.17, 15) is 9.59 Å². The van der Waals surface area contributed by atoms with Crippen molar-refractivity contribution in [1.82, 2.24) is 5.32 Å². The van der Waals surface area contributed by atoms with Crippen LogP contribution in [0.3, 0.4) is 0 Å². The molecule has 0 bridgehead atoms. The van der Waals surface area contributed by atoms with E-state index in [0.717, 1.165) is 5.56 Å². The maximum atomic E-state index is 12.2. The first-order chi connectivity index (χ1) is 11.7. The van der Waals surface area contributed by atoms with Gasteiger partial charge >= 0.3 is 0 Å². The predicted octanol–water partition coefficient (Wildman–Crippen LogP) is 2.59. The molecule has 2 amide bonds. The van der Waals surface area contributed by atoms with E-state index in [1.165, 1.54) is 0 Å². The lowest BCUT2D eigenvalue weighted by Crippen LogP contribution is -2.27. The number of hydrogen-bond donors (Lipinski definition) is 2. The van der Waals surface area contributed by atoms with E-state index < -0.39 is 0 Å². The molecule has 0 radical (unpaired) electrons. The highest BCUT2D eigenvalue weighted by molar-refractivity contribution is 5.99. The van der Waals surface area contributed by atoms with Crippen LogP contribution in [0.4, 0.5) is 5.69 Å². The van der Waals surface area contributed by atoms with Gasteiger partial charge in [-0.25, -0.2) is 0 Å². The summed E-state index contributed by atoms with van der Waals surface area (Å²) in [5.41, 5.74) is 1.72. The van der Waals surface area contributed by atoms with Crippen molar-refractivity contribution in [2.24, 2.45) is 11.8 Å². The van der Waals surface area contributed by atoms with Gasteiger partial charge in [-0.1, -0.05) is 36.4 Å². The van der Waals surface area contributed by atoms with Gasteiger partial charge in [-0.2, -0.15) is 0 Å². The molecule has 24 heavy (non-hydrogen) atoms. The average Bonchev–Trinajstić information content (AvgIpc) is 3.42. The number of hydrogen-bond acceptors (Lipinski definition) is 3. The Morgan fingerprint density at radius 3 is 2.54 bits per heavy atom. The van der Waals surface area contributed by atoms with Gasteiger partial charge in [0, 0.05) is 18.3 Å². The number of nitrogens with one attached hydrogen (secondary N) is 2. The Labute approximate surface area is 141 Å². The lowest BCUT2D eigenvalue weighted by atomic mass is 10.2. The van der Waals surface area contributed by atoms with Crippen LogP contribution in [-0.2, 0) is 16.1 Å². The molecule has 5 nitrogen and oxygen atoms in total. The summed E-state index contributed by atoms with van der Waals surface area (Å²) in [4.78, 5) is 24.4. The minimum Gasteiger partial charge on any atom is -0.497 e. The molecule has 0 aromatic heterocycles. The van der Waals surface area contributed by atoms with Gasteiger partial charge < -0.3 is 15.4 Å². The second-order valence-corrected chi connectivity index (χ2v) is 5.87. The van der Waals surface area contributed by atoms with Crippen LogP contribution in [0, 0.1) is 11.8 Å². The predicted molar refractivity (Wildman–Crippen MR) is 91.5 cm³/mol. The zero-order chi connectivity index (χ0) is 16.9. The molecule has 0 aliphatic heterocycles. The lowest BCUT2D eigenvalue weighted by Gasteiger charge is -2.07. The number of carbonyl (C=O) groups is 2. The molecule has 1 fully saturated rings. The second kappa shape index (κ2) is 7.17. The Morgan fingerprint density at radius 2 is 1.79 bits per heavy atom. The summed E-state index contributed by atoms with van der Waals surface area (Å²) in [6.45, 7) is 0.487. The minimum atomic E-state index is -0.257. The van der Waals surface area contributed by atoms with Gasteiger partial charge in [0.25, 0.3) is 0 Å². The quantitative estimate of drug-likeness (QED) is 0.858. The molecule has 0 spiro atoms. The summed E-state index contributed by atoms with van der Waals surface area (Å²) in [6, 6.07) is 16.9. The fourth-order valence-electron chi connectivity index (χ4n) is 2.63. The number of benzene rings is 2. The Hall–Kier alpha value is -2.82. The average molecular weight is 324 g/mol. The van der Waals surface area contributed by atoms with Crippen LogP contribution in [0.25, 0.3) is 0 Å². The van der Waals surface area contributed by atoms with Crippen LogP contribution in [0.15, 0.2) is 54.6 Å². The summed E-state index contributed by atoms with van der Waals surface area (Å²) >= 11 is 0. The topological polar surface area (TPSA) is 67.4 Å². The van der Waals surface area contributed by atoms with E-state index in [4.69, 9.17) is 4.74 Å². The first-order valence-electron chi connectivity index (χ1n) is 7.94. The first kappa shape index (κ1) is 16.1. The summed E-state index contributed by atoms with van der Waals surface area (Å²) in [7, 11) is 1.58. The van der Waals surface area contributed by atoms with Crippen molar-refractivity contribution < 1.29 is 14.3 Å². The van der Waals surface area contributed by atoms with E-state index >= 15 is 0 Å². The molecule has 2 N–H and O–H groups in total. The number of amides is 2. The number of ether oxygens (including phenoxy) is 1. The molecular formula is C19H20N2O3. The largest absolute Gasteiger partial charge is 0.497 e. The maximum absolute atomic E-state index is 12.2. The zero-order valence-corrected chi connectivity index (χ0v) is 13.5. The highest BCUT2D eigenvalue weighted by Gasteiger charge is 2.47. The van der Waals surface area contributed by atoms with Gasteiger partial charge in [-0.3, -0.25) is 9.59 Å². The maximum Gasteiger partial charge on any atom is 0.228 e. The summed E-state index contributed by atoms with van der Waals surface area (Å²) in [5, 5.41) is 5.73. The van der Waals surface area contributed by atoms with Gasteiger partial charge in [-0.05, 0) is 24.1 Å². The van der Waals surface area contributed by atoms with Crippen LogP contribution >= 0.6 is 0 Å². The molecule has 0 saturated heterocycles. The molecule has 2 aromatic carbocycles. The highest BCUT2D eigenvalue weighted by atomic mass is 16.5. The fraction of sp³-hybridized carbons (Fsp3) is 0.263. The monoisotopic (exact) mass is 324 g/mol. The van der Waals surface area contributed by atoms with Crippen LogP contribution in [0.2, 0.25) is 0 Å². The molecule has 124 valence electrons. The fourth-order valence-corrected chi connectivity index (χ4v) is 2.63. The smallest absolute Gasteiger partial charge is 0.228 e. The van der Waals surface area contributed by atoms with E-state index in [2.05, 4.69) is 10.6 Å². The summed E-state index contributed by atoms with van der Waals surface area (Å²) in [5.74, 6) is -0.000181. The summed E-state index contributed by atoms with van der Waals surface area (Å²) < 4.78 is 5.13. The Kier molecular flexibility index (Phi) is 4.79. The van der Waals surface area contributed by atoms with Crippen LogP contribution in [0.5, 0.6) is 5.75 Å². The van der Waals surface area contributed by atoms with E-state index in [0.29, 0.717) is 24.4 Å². The van der Waals surface area contributed by atoms with Crippen molar-refractivity contribution >= 4 is 17.5 Å². The first-order valence-corrected chi connectivity index (χ1v) is 7.94. The SMILES string of the molecule is COc1cccc(NC(=O)C2CC2C(=O)NCc2ccccc2)c1. The van der Waals surface area contributed by atoms with Crippen molar-refractivity contribution in [1.29, 1.82) is 0 Å². The summed E-state index contributed by atoms with van der Waals surface area (Å²) in [6.07, 6.45) is 0.594. The molecule has 3 rings (SSSR count).